The van der Waals surface area contributed by atoms with Crippen LogP contribution in [0.1, 0.15) is 60.8 Å². The molecule has 1 amide bonds. The van der Waals surface area contributed by atoms with E-state index in [-0.39, 0.29) is 29.2 Å². The third kappa shape index (κ3) is 6.10. The molecule has 0 radical (unpaired) electrons. The second-order valence-electron chi connectivity index (χ2n) is 10.0. The number of ether oxygens (including phenoxy) is 1. The lowest BCUT2D eigenvalue weighted by Crippen LogP contribution is -2.53. The minimum absolute atomic E-state index is 0.0216. The van der Waals surface area contributed by atoms with Crippen LogP contribution in [-0.2, 0) is 9.16 Å². The number of rotatable bonds is 8. The van der Waals surface area contributed by atoms with Crippen LogP contribution in [0.2, 0.25) is 18.1 Å². The van der Waals surface area contributed by atoms with E-state index in [2.05, 4.69) is 45.8 Å². The summed E-state index contributed by atoms with van der Waals surface area (Å²) in [6.45, 7) is 20.3. The highest BCUT2D eigenvalue weighted by atomic mass is 28.4. The van der Waals surface area contributed by atoms with Crippen LogP contribution in [0.15, 0.2) is 12.7 Å². The van der Waals surface area contributed by atoms with Gasteiger partial charge in [0.25, 0.3) is 0 Å². The second-order valence-corrected chi connectivity index (χ2v) is 14.8. The van der Waals surface area contributed by atoms with Gasteiger partial charge in [0, 0.05) is 11.5 Å². The molecule has 0 spiro atoms. The molecule has 0 bridgehead atoms. The fourth-order valence-corrected chi connectivity index (χ4v) is 4.29. The lowest BCUT2D eigenvalue weighted by Gasteiger charge is -2.43. The number of carbonyl (C=O) groups excluding carboxylic acids is 1. The summed E-state index contributed by atoms with van der Waals surface area (Å²) in [6, 6.07) is 0. The molecule has 5 nitrogen and oxygen atoms in total. The van der Waals surface area contributed by atoms with Crippen LogP contribution >= 0.6 is 0 Å². The number of hydrogen-bond acceptors (Lipinski definition) is 4. The van der Waals surface area contributed by atoms with E-state index in [0.29, 0.717) is 6.42 Å². The first kappa shape index (κ1) is 23.2. The molecule has 2 N–H and O–H groups in total. The number of allylic oxidation sites excluding steroid dienone is 1. The maximum Gasteiger partial charge on any atom is 0.408 e. The fraction of sp³-hybridized carbons (Fsp3) is 0.850. The number of hydrogen-bond donors (Lipinski definition) is 2. The second kappa shape index (κ2) is 8.03. The van der Waals surface area contributed by atoms with Crippen LogP contribution in [0.5, 0.6) is 0 Å². The van der Waals surface area contributed by atoms with Gasteiger partial charge < -0.3 is 19.6 Å². The zero-order chi connectivity index (χ0) is 20.4. The first-order valence-corrected chi connectivity index (χ1v) is 12.5. The molecule has 0 aliphatic heterocycles. The van der Waals surface area contributed by atoms with Gasteiger partial charge in [0.1, 0.15) is 5.60 Å². The van der Waals surface area contributed by atoms with Crippen molar-refractivity contribution in [3.8, 4) is 0 Å². The normalized spacial score (nSPS) is 19.4. The summed E-state index contributed by atoms with van der Waals surface area (Å²) in [6.07, 6.45) is 3.51. The lowest BCUT2D eigenvalue weighted by molar-refractivity contribution is 0.0233. The smallest absolute Gasteiger partial charge is 0.408 e. The highest BCUT2D eigenvalue weighted by Crippen LogP contribution is 2.48. The zero-order valence-corrected chi connectivity index (χ0v) is 18.9. The molecule has 0 aromatic heterocycles. The molecule has 1 aliphatic rings. The molecule has 1 rings (SSSR count). The molecule has 6 heteroatoms. The van der Waals surface area contributed by atoms with Gasteiger partial charge in [-0.1, -0.05) is 26.8 Å². The van der Waals surface area contributed by atoms with Crippen molar-refractivity contribution in [1.82, 2.24) is 5.32 Å². The summed E-state index contributed by atoms with van der Waals surface area (Å²) in [5, 5.41) is 13.2. The predicted molar refractivity (Wildman–Crippen MR) is 109 cm³/mol. The number of aliphatic hydroxyl groups excluding tert-OH is 1. The Morgan fingerprint density at radius 3 is 2.15 bits per heavy atom. The Hall–Kier alpha value is -0.853. The van der Waals surface area contributed by atoms with Crippen LogP contribution in [0.25, 0.3) is 0 Å². The van der Waals surface area contributed by atoms with Crippen LogP contribution in [0.3, 0.4) is 0 Å². The number of amides is 1. The number of aliphatic hydroxyl groups is 1. The van der Waals surface area contributed by atoms with E-state index in [9.17, 15) is 9.90 Å². The molecule has 1 saturated carbocycles. The maximum absolute atomic E-state index is 12.3. The summed E-state index contributed by atoms with van der Waals surface area (Å²) in [4.78, 5) is 12.3. The molecule has 0 aromatic carbocycles. The Morgan fingerprint density at radius 1 is 1.27 bits per heavy atom. The number of nitrogens with one attached hydrogen (secondary N) is 1. The average molecular weight is 386 g/mol. The maximum atomic E-state index is 12.3. The summed E-state index contributed by atoms with van der Waals surface area (Å²) in [5.74, 6) is -0.0216. The molecule has 26 heavy (non-hydrogen) atoms. The van der Waals surface area contributed by atoms with Gasteiger partial charge in [0.05, 0.1) is 12.7 Å². The quantitative estimate of drug-likeness (QED) is 0.472. The van der Waals surface area contributed by atoms with Crippen LogP contribution < -0.4 is 5.32 Å². The fourth-order valence-electron chi connectivity index (χ4n) is 2.94. The van der Waals surface area contributed by atoms with E-state index in [1.54, 1.807) is 0 Å². The van der Waals surface area contributed by atoms with Crippen molar-refractivity contribution in [2.75, 3.05) is 6.61 Å². The minimum Gasteiger partial charge on any atom is -0.444 e. The van der Waals surface area contributed by atoms with Gasteiger partial charge in [-0.15, -0.1) is 6.58 Å². The Morgan fingerprint density at radius 2 is 1.81 bits per heavy atom. The van der Waals surface area contributed by atoms with Gasteiger partial charge in [0.2, 0.25) is 0 Å². The van der Waals surface area contributed by atoms with Crippen molar-refractivity contribution in [1.29, 1.82) is 0 Å². The van der Waals surface area contributed by atoms with Gasteiger partial charge in [-0.2, -0.15) is 0 Å². The van der Waals surface area contributed by atoms with Crippen molar-refractivity contribution >= 4 is 14.4 Å². The SMILES string of the molecule is C=CCC(C(CO)O[Si](C)(C)C(C)(C)C)C1(NC(=O)OC(C)(C)C)CC1. The van der Waals surface area contributed by atoms with E-state index in [4.69, 9.17) is 9.16 Å². The van der Waals surface area contributed by atoms with Gasteiger partial charge >= 0.3 is 6.09 Å². The molecule has 0 heterocycles. The molecule has 2 unspecified atom stereocenters. The van der Waals surface area contributed by atoms with E-state index < -0.39 is 20.0 Å². The summed E-state index contributed by atoms with van der Waals surface area (Å²) < 4.78 is 12.0. The van der Waals surface area contributed by atoms with Crippen LogP contribution in [0, 0.1) is 5.92 Å². The topological polar surface area (TPSA) is 67.8 Å². The monoisotopic (exact) mass is 385 g/mol. The molecule has 0 aromatic rings. The van der Waals surface area contributed by atoms with Crippen molar-refractivity contribution in [2.24, 2.45) is 5.92 Å². The van der Waals surface area contributed by atoms with E-state index in [1.807, 2.05) is 26.8 Å². The van der Waals surface area contributed by atoms with Gasteiger partial charge in [-0.25, -0.2) is 4.79 Å². The molecule has 2 atom stereocenters. The Bertz CT molecular complexity index is 501. The van der Waals surface area contributed by atoms with E-state index in [0.717, 1.165) is 12.8 Å². The molecule has 0 saturated heterocycles. The van der Waals surface area contributed by atoms with Gasteiger partial charge in [-0.05, 0) is 58.2 Å². The third-order valence-corrected chi connectivity index (χ3v) is 10.1. The number of alkyl carbamates (subject to hydrolysis) is 1. The van der Waals surface area contributed by atoms with E-state index >= 15 is 0 Å². The van der Waals surface area contributed by atoms with Crippen molar-refractivity contribution in [3.05, 3.63) is 12.7 Å². The van der Waals surface area contributed by atoms with E-state index in [1.165, 1.54) is 0 Å². The summed E-state index contributed by atoms with van der Waals surface area (Å²) in [7, 11) is -2.05. The Balaban J connectivity index is 2.98. The average Bonchev–Trinajstić information content (AvgIpc) is 3.19. The van der Waals surface area contributed by atoms with Gasteiger partial charge in [-0.3, -0.25) is 0 Å². The first-order valence-electron chi connectivity index (χ1n) is 9.58. The van der Waals surface area contributed by atoms with Crippen molar-refractivity contribution in [2.45, 2.75) is 96.2 Å². The lowest BCUT2D eigenvalue weighted by atomic mass is 9.88. The predicted octanol–water partition coefficient (Wildman–Crippen LogP) is 4.62. The third-order valence-electron chi connectivity index (χ3n) is 5.55. The highest BCUT2D eigenvalue weighted by Gasteiger charge is 2.54. The van der Waals surface area contributed by atoms with Crippen molar-refractivity contribution in [3.63, 3.8) is 0 Å². The standard InChI is InChI=1S/C20H39NO4Si/c1-10-11-15(16(14-22)25-26(8,9)19(5,6)7)20(12-13-20)21-17(23)24-18(2,3)4/h10,15-16,22H,1,11-14H2,2-9H3,(H,21,23). The van der Waals surface area contributed by atoms with Gasteiger partial charge in [0.15, 0.2) is 8.32 Å². The molecule has 152 valence electrons. The highest BCUT2D eigenvalue weighted by molar-refractivity contribution is 6.74. The Kier molecular flexibility index (Phi) is 7.16. The molecule has 1 aliphatic carbocycles. The van der Waals surface area contributed by atoms with Crippen molar-refractivity contribution < 1.29 is 19.1 Å². The first-order chi connectivity index (χ1) is 11.7. The molecular weight excluding hydrogens is 346 g/mol. The molecule has 1 fully saturated rings. The Labute approximate surface area is 160 Å². The van der Waals surface area contributed by atoms with Crippen LogP contribution in [0.4, 0.5) is 4.79 Å². The summed E-state index contributed by atoms with van der Waals surface area (Å²) in [5.41, 5.74) is -0.922. The number of carbonyl (C=O) groups is 1. The zero-order valence-electron chi connectivity index (χ0n) is 17.9. The summed E-state index contributed by atoms with van der Waals surface area (Å²) >= 11 is 0. The largest absolute Gasteiger partial charge is 0.444 e. The molecular formula is C20H39NO4Si. The minimum atomic E-state index is -2.05. The van der Waals surface area contributed by atoms with Crippen LogP contribution in [-0.4, -0.2) is 43.4 Å².